The summed E-state index contributed by atoms with van der Waals surface area (Å²) in [5.41, 5.74) is 0.964. The minimum atomic E-state index is -0.474. The molecule has 1 aromatic carbocycles. The Kier molecular flexibility index (Phi) is 2.38. The molecule has 7 nitrogen and oxygen atoms in total. The first-order valence-corrected chi connectivity index (χ1v) is 5.44. The van der Waals surface area contributed by atoms with Gasteiger partial charge in [-0.25, -0.2) is 4.98 Å². The monoisotopic (exact) mass is 256 g/mol. The number of rotatable bonds is 3. The lowest BCUT2D eigenvalue weighted by molar-refractivity contribution is -0.384. The third-order valence-corrected chi connectivity index (χ3v) is 2.89. The third kappa shape index (κ3) is 1.68. The number of imidazole rings is 1. The van der Waals surface area contributed by atoms with E-state index in [2.05, 4.69) is 9.97 Å². The first kappa shape index (κ1) is 11.1. The number of H-pyrrole nitrogens is 1. The summed E-state index contributed by atoms with van der Waals surface area (Å²) >= 11 is 0. The lowest BCUT2D eigenvalue weighted by Crippen LogP contribution is -1.94. The molecule has 3 aromatic rings. The second-order valence-corrected chi connectivity index (χ2v) is 3.96. The van der Waals surface area contributed by atoms with Crippen LogP contribution in [0.5, 0.6) is 0 Å². The van der Waals surface area contributed by atoms with Crippen LogP contribution in [-0.2, 0) is 0 Å². The summed E-state index contributed by atoms with van der Waals surface area (Å²) in [7, 11) is 0. The summed E-state index contributed by atoms with van der Waals surface area (Å²) < 4.78 is 1.65. The fourth-order valence-corrected chi connectivity index (χ4v) is 2.02. The van der Waals surface area contributed by atoms with Gasteiger partial charge in [0.2, 0.25) is 0 Å². The maximum absolute atomic E-state index is 11.2. The molecule has 3 rings (SSSR count). The Hall–Kier alpha value is -2.96. The Labute approximate surface area is 106 Å². The molecular weight excluding hydrogens is 248 g/mol. The lowest BCUT2D eigenvalue weighted by atomic mass is 10.1. The van der Waals surface area contributed by atoms with E-state index in [-0.39, 0.29) is 5.69 Å². The van der Waals surface area contributed by atoms with Gasteiger partial charge in [0.25, 0.3) is 5.69 Å². The van der Waals surface area contributed by atoms with Gasteiger partial charge in [-0.05, 0) is 6.07 Å². The van der Waals surface area contributed by atoms with E-state index < -0.39 is 4.92 Å². The molecule has 7 heteroatoms. The molecule has 0 atom stereocenters. The minimum absolute atomic E-state index is 0.0246. The maximum atomic E-state index is 11.2. The van der Waals surface area contributed by atoms with Gasteiger partial charge in [-0.15, -0.1) is 0 Å². The van der Waals surface area contributed by atoms with Crippen molar-refractivity contribution in [2.45, 2.75) is 0 Å². The zero-order valence-corrected chi connectivity index (χ0v) is 9.61. The first-order chi connectivity index (χ1) is 9.20. The van der Waals surface area contributed by atoms with E-state index >= 15 is 0 Å². The van der Waals surface area contributed by atoms with Crippen molar-refractivity contribution >= 4 is 22.9 Å². The standard InChI is InChI=1S/C12H8N4O3/c17-6-10-9-2-1-8(16(18)19)5-11(9)14-12(10)15-4-3-13-7-15/h1-7,14H. The van der Waals surface area contributed by atoms with Gasteiger partial charge in [-0.1, -0.05) is 0 Å². The van der Waals surface area contributed by atoms with E-state index in [4.69, 9.17) is 0 Å². The smallest absolute Gasteiger partial charge is 0.271 e. The molecule has 0 saturated carbocycles. The van der Waals surface area contributed by atoms with E-state index in [1.165, 1.54) is 12.1 Å². The minimum Gasteiger partial charge on any atom is -0.340 e. The largest absolute Gasteiger partial charge is 0.340 e. The van der Waals surface area contributed by atoms with Crippen LogP contribution in [0.3, 0.4) is 0 Å². The highest BCUT2D eigenvalue weighted by molar-refractivity contribution is 6.01. The number of carbonyl (C=O) groups is 1. The summed E-state index contributed by atoms with van der Waals surface area (Å²) in [5, 5.41) is 11.4. The van der Waals surface area contributed by atoms with Crippen LogP contribution in [0.15, 0.2) is 36.9 Å². The molecule has 1 N–H and O–H groups in total. The molecule has 19 heavy (non-hydrogen) atoms. The van der Waals surface area contributed by atoms with Gasteiger partial charge in [0.05, 0.1) is 16.0 Å². The van der Waals surface area contributed by atoms with Crippen molar-refractivity contribution < 1.29 is 9.72 Å². The van der Waals surface area contributed by atoms with Crippen molar-refractivity contribution in [3.63, 3.8) is 0 Å². The van der Waals surface area contributed by atoms with Crippen molar-refractivity contribution in [2.24, 2.45) is 0 Å². The summed E-state index contributed by atoms with van der Waals surface area (Å²) in [6, 6.07) is 4.34. The molecule has 0 fully saturated rings. The summed E-state index contributed by atoms with van der Waals surface area (Å²) in [6.07, 6.45) is 5.54. The molecule has 0 aliphatic carbocycles. The van der Waals surface area contributed by atoms with Crippen LogP contribution in [0, 0.1) is 10.1 Å². The normalized spacial score (nSPS) is 10.7. The molecule has 94 valence electrons. The van der Waals surface area contributed by atoms with Crippen LogP contribution in [0.1, 0.15) is 10.4 Å². The Balaban J connectivity index is 2.29. The number of fused-ring (bicyclic) bond motifs is 1. The van der Waals surface area contributed by atoms with Crippen molar-refractivity contribution in [1.29, 1.82) is 0 Å². The summed E-state index contributed by atoms with van der Waals surface area (Å²) in [5.74, 6) is 0.544. The summed E-state index contributed by atoms with van der Waals surface area (Å²) in [6.45, 7) is 0. The van der Waals surface area contributed by atoms with Crippen LogP contribution in [0.2, 0.25) is 0 Å². The fourth-order valence-electron chi connectivity index (χ4n) is 2.02. The van der Waals surface area contributed by atoms with E-state index in [0.29, 0.717) is 22.3 Å². The predicted octanol–water partition coefficient (Wildman–Crippen LogP) is 2.07. The van der Waals surface area contributed by atoms with Crippen LogP contribution < -0.4 is 0 Å². The number of nitrogens with one attached hydrogen (secondary N) is 1. The number of nitrogens with zero attached hydrogens (tertiary/aromatic N) is 3. The number of hydrogen-bond acceptors (Lipinski definition) is 4. The molecule has 0 radical (unpaired) electrons. The zero-order chi connectivity index (χ0) is 13.4. The Morgan fingerprint density at radius 2 is 2.26 bits per heavy atom. The Bertz CT molecular complexity index is 774. The molecule has 0 spiro atoms. The first-order valence-electron chi connectivity index (χ1n) is 5.44. The molecule has 0 unspecified atom stereocenters. The molecule has 0 saturated heterocycles. The quantitative estimate of drug-likeness (QED) is 0.441. The third-order valence-electron chi connectivity index (χ3n) is 2.89. The van der Waals surface area contributed by atoms with Crippen LogP contribution in [-0.4, -0.2) is 25.7 Å². The van der Waals surface area contributed by atoms with Gasteiger partial charge in [0, 0.05) is 29.9 Å². The van der Waals surface area contributed by atoms with E-state index in [1.807, 2.05) is 0 Å². The van der Waals surface area contributed by atoms with E-state index in [0.717, 1.165) is 6.29 Å². The number of aromatic amines is 1. The number of benzene rings is 1. The second kappa shape index (κ2) is 4.05. The fraction of sp³-hybridized carbons (Fsp3) is 0. The molecule has 0 amide bonds. The van der Waals surface area contributed by atoms with Crippen LogP contribution in [0.25, 0.3) is 16.7 Å². The van der Waals surface area contributed by atoms with Crippen molar-refractivity contribution in [2.75, 3.05) is 0 Å². The number of aromatic nitrogens is 3. The van der Waals surface area contributed by atoms with Crippen LogP contribution in [0.4, 0.5) is 5.69 Å². The molecule has 2 heterocycles. The molecule has 0 aliphatic heterocycles. The highest BCUT2D eigenvalue weighted by Gasteiger charge is 2.15. The highest BCUT2D eigenvalue weighted by atomic mass is 16.6. The topological polar surface area (TPSA) is 93.8 Å². The molecular formula is C12H8N4O3. The average molecular weight is 256 g/mol. The molecule has 0 bridgehead atoms. The number of carbonyl (C=O) groups excluding carboxylic acids is 1. The zero-order valence-electron chi connectivity index (χ0n) is 9.61. The Morgan fingerprint density at radius 3 is 2.89 bits per heavy atom. The van der Waals surface area contributed by atoms with Gasteiger partial charge < -0.3 is 4.98 Å². The molecule has 2 aromatic heterocycles. The maximum Gasteiger partial charge on any atom is 0.271 e. The van der Waals surface area contributed by atoms with Crippen molar-refractivity contribution in [1.82, 2.24) is 14.5 Å². The number of nitro benzene ring substituents is 1. The van der Waals surface area contributed by atoms with Gasteiger partial charge in [0.1, 0.15) is 12.1 Å². The lowest BCUT2D eigenvalue weighted by Gasteiger charge is -1.98. The Morgan fingerprint density at radius 1 is 1.42 bits per heavy atom. The van der Waals surface area contributed by atoms with E-state index in [9.17, 15) is 14.9 Å². The van der Waals surface area contributed by atoms with Crippen molar-refractivity contribution in [3.8, 4) is 5.82 Å². The predicted molar refractivity (Wildman–Crippen MR) is 67.5 cm³/mol. The SMILES string of the molecule is O=Cc1c(-n2ccnc2)[nH]c2cc([N+](=O)[O-])ccc12. The molecule has 0 aliphatic rings. The average Bonchev–Trinajstić information content (AvgIpc) is 3.04. The van der Waals surface area contributed by atoms with Crippen LogP contribution >= 0.6 is 0 Å². The number of aldehydes is 1. The number of hydrogen-bond donors (Lipinski definition) is 1. The number of non-ortho nitro benzene ring substituents is 1. The van der Waals surface area contributed by atoms with Gasteiger partial charge in [0.15, 0.2) is 6.29 Å². The van der Waals surface area contributed by atoms with Crippen molar-refractivity contribution in [3.05, 3.63) is 52.6 Å². The second-order valence-electron chi connectivity index (χ2n) is 3.96. The summed E-state index contributed by atoms with van der Waals surface area (Å²) in [4.78, 5) is 28.4. The van der Waals surface area contributed by atoms with Gasteiger partial charge in [-0.2, -0.15) is 0 Å². The highest BCUT2D eigenvalue weighted by Crippen LogP contribution is 2.27. The van der Waals surface area contributed by atoms with Gasteiger partial charge in [-0.3, -0.25) is 19.5 Å². The van der Waals surface area contributed by atoms with E-state index in [1.54, 1.807) is 29.4 Å². The number of nitro groups is 1. The van der Waals surface area contributed by atoms with Gasteiger partial charge >= 0.3 is 0 Å².